The SMILES string of the molecule is NCc1ccc(OCC(F)F)cc1. The minimum absolute atomic E-state index is 0.440. The molecule has 0 fully saturated rings. The summed E-state index contributed by atoms with van der Waals surface area (Å²) >= 11 is 0. The average Bonchev–Trinajstić information content (AvgIpc) is 2.15. The third kappa shape index (κ3) is 3.38. The summed E-state index contributed by atoms with van der Waals surface area (Å²) in [6.07, 6.45) is -2.44. The van der Waals surface area contributed by atoms with E-state index in [1.807, 2.05) is 0 Å². The van der Waals surface area contributed by atoms with Gasteiger partial charge in [0, 0.05) is 6.54 Å². The minimum atomic E-state index is -2.44. The largest absolute Gasteiger partial charge is 0.488 e. The molecule has 1 aromatic rings. The quantitative estimate of drug-likeness (QED) is 0.779. The summed E-state index contributed by atoms with van der Waals surface area (Å²) in [5.41, 5.74) is 6.31. The number of nitrogens with two attached hydrogens (primary N) is 1. The lowest BCUT2D eigenvalue weighted by atomic mass is 10.2. The number of hydrogen-bond acceptors (Lipinski definition) is 2. The molecule has 0 bridgehead atoms. The maximum atomic E-state index is 11.7. The van der Waals surface area contributed by atoms with E-state index in [2.05, 4.69) is 0 Å². The van der Waals surface area contributed by atoms with Gasteiger partial charge in [0.25, 0.3) is 6.43 Å². The van der Waals surface area contributed by atoms with Crippen molar-refractivity contribution in [2.75, 3.05) is 6.61 Å². The van der Waals surface area contributed by atoms with E-state index in [0.717, 1.165) is 5.56 Å². The number of benzene rings is 1. The van der Waals surface area contributed by atoms with Gasteiger partial charge in [0.15, 0.2) is 0 Å². The molecule has 0 heterocycles. The van der Waals surface area contributed by atoms with Crippen molar-refractivity contribution < 1.29 is 13.5 Å². The molecule has 4 heteroatoms. The summed E-state index contributed by atoms with van der Waals surface area (Å²) in [6, 6.07) is 6.76. The second-order valence-electron chi connectivity index (χ2n) is 2.55. The normalized spacial score (nSPS) is 10.5. The predicted molar refractivity (Wildman–Crippen MR) is 45.8 cm³/mol. The number of ether oxygens (including phenoxy) is 1. The molecule has 1 rings (SSSR count). The molecule has 13 heavy (non-hydrogen) atoms. The molecule has 0 aliphatic carbocycles. The number of hydrogen-bond donors (Lipinski definition) is 1. The van der Waals surface area contributed by atoms with E-state index in [1.165, 1.54) is 0 Å². The van der Waals surface area contributed by atoms with Gasteiger partial charge in [0.1, 0.15) is 12.4 Å². The predicted octanol–water partition coefficient (Wildman–Crippen LogP) is 1.79. The summed E-state index contributed by atoms with van der Waals surface area (Å²) in [5.74, 6) is 0.442. The Morgan fingerprint density at radius 2 is 1.85 bits per heavy atom. The molecule has 0 atom stereocenters. The lowest BCUT2D eigenvalue weighted by molar-refractivity contribution is 0.0819. The van der Waals surface area contributed by atoms with Crippen LogP contribution >= 0.6 is 0 Å². The van der Waals surface area contributed by atoms with Gasteiger partial charge in [-0.15, -0.1) is 0 Å². The fourth-order valence-corrected chi connectivity index (χ4v) is 0.881. The van der Waals surface area contributed by atoms with Gasteiger partial charge in [-0.25, -0.2) is 8.78 Å². The second-order valence-corrected chi connectivity index (χ2v) is 2.55. The van der Waals surface area contributed by atoms with Crippen LogP contribution in [0.4, 0.5) is 8.78 Å². The topological polar surface area (TPSA) is 35.2 Å². The van der Waals surface area contributed by atoms with E-state index < -0.39 is 13.0 Å². The van der Waals surface area contributed by atoms with Crippen LogP contribution in [0.3, 0.4) is 0 Å². The van der Waals surface area contributed by atoms with Gasteiger partial charge in [-0.2, -0.15) is 0 Å². The molecule has 0 unspecified atom stereocenters. The monoisotopic (exact) mass is 187 g/mol. The fourth-order valence-electron chi connectivity index (χ4n) is 0.881. The minimum Gasteiger partial charge on any atom is -0.488 e. The highest BCUT2D eigenvalue weighted by atomic mass is 19.3. The Morgan fingerprint density at radius 3 is 2.31 bits per heavy atom. The van der Waals surface area contributed by atoms with Gasteiger partial charge in [0.2, 0.25) is 0 Å². The van der Waals surface area contributed by atoms with E-state index in [4.69, 9.17) is 10.5 Å². The Hall–Kier alpha value is -1.16. The second kappa shape index (κ2) is 4.77. The maximum Gasteiger partial charge on any atom is 0.272 e. The molecular formula is C9H11F2NO. The van der Waals surface area contributed by atoms with Gasteiger partial charge < -0.3 is 10.5 Å². The molecule has 0 radical (unpaired) electrons. The van der Waals surface area contributed by atoms with E-state index in [9.17, 15) is 8.78 Å². The van der Waals surface area contributed by atoms with Crippen molar-refractivity contribution in [3.05, 3.63) is 29.8 Å². The van der Waals surface area contributed by atoms with Crippen molar-refractivity contribution in [1.82, 2.24) is 0 Å². The molecule has 0 saturated heterocycles. The van der Waals surface area contributed by atoms with Crippen LogP contribution in [0.15, 0.2) is 24.3 Å². The van der Waals surface area contributed by atoms with Crippen LogP contribution in [-0.4, -0.2) is 13.0 Å². The number of halogens is 2. The Morgan fingerprint density at radius 1 is 1.23 bits per heavy atom. The van der Waals surface area contributed by atoms with Crippen molar-refractivity contribution in [3.8, 4) is 5.75 Å². The van der Waals surface area contributed by atoms with Gasteiger partial charge in [0.05, 0.1) is 0 Å². The van der Waals surface area contributed by atoms with Crippen molar-refractivity contribution in [1.29, 1.82) is 0 Å². The van der Waals surface area contributed by atoms with E-state index in [-0.39, 0.29) is 0 Å². The van der Waals surface area contributed by atoms with E-state index >= 15 is 0 Å². The Bertz CT molecular complexity index is 248. The molecule has 2 nitrogen and oxygen atoms in total. The van der Waals surface area contributed by atoms with Crippen molar-refractivity contribution in [2.45, 2.75) is 13.0 Å². The Labute approximate surface area is 75.3 Å². The summed E-state index contributed by atoms with van der Waals surface area (Å²) in [7, 11) is 0. The average molecular weight is 187 g/mol. The number of rotatable bonds is 4. The van der Waals surface area contributed by atoms with Gasteiger partial charge >= 0.3 is 0 Å². The van der Waals surface area contributed by atoms with Crippen LogP contribution in [-0.2, 0) is 6.54 Å². The molecular weight excluding hydrogens is 176 g/mol. The molecule has 0 aliphatic rings. The lowest BCUT2D eigenvalue weighted by Crippen LogP contribution is -2.07. The molecule has 0 aliphatic heterocycles. The molecule has 72 valence electrons. The van der Waals surface area contributed by atoms with Gasteiger partial charge in [-0.05, 0) is 17.7 Å². The zero-order valence-electron chi connectivity index (χ0n) is 7.04. The highest BCUT2D eigenvalue weighted by molar-refractivity contribution is 5.26. The van der Waals surface area contributed by atoms with Crippen LogP contribution in [0.2, 0.25) is 0 Å². The van der Waals surface area contributed by atoms with Crippen LogP contribution in [0.25, 0.3) is 0 Å². The first-order valence-corrected chi connectivity index (χ1v) is 3.92. The van der Waals surface area contributed by atoms with Crippen LogP contribution in [0.5, 0.6) is 5.75 Å². The fraction of sp³-hybridized carbons (Fsp3) is 0.333. The molecule has 0 aromatic heterocycles. The van der Waals surface area contributed by atoms with Crippen molar-refractivity contribution >= 4 is 0 Å². The standard InChI is InChI=1S/C9H11F2NO/c10-9(11)6-13-8-3-1-7(5-12)2-4-8/h1-4,9H,5-6,12H2. The Kier molecular flexibility index (Phi) is 3.64. The zero-order valence-corrected chi connectivity index (χ0v) is 7.04. The maximum absolute atomic E-state index is 11.7. The molecule has 0 saturated carbocycles. The molecule has 0 amide bonds. The van der Waals surface area contributed by atoms with Gasteiger partial charge in [-0.1, -0.05) is 12.1 Å². The van der Waals surface area contributed by atoms with Crippen LogP contribution in [0, 0.1) is 0 Å². The summed E-state index contributed by atoms with van der Waals surface area (Å²) in [6.45, 7) is -0.128. The smallest absolute Gasteiger partial charge is 0.272 e. The first-order valence-electron chi connectivity index (χ1n) is 3.92. The molecule has 1 aromatic carbocycles. The van der Waals surface area contributed by atoms with Crippen molar-refractivity contribution in [2.24, 2.45) is 5.73 Å². The van der Waals surface area contributed by atoms with Gasteiger partial charge in [-0.3, -0.25) is 0 Å². The summed E-state index contributed by atoms with van der Waals surface area (Å²) in [4.78, 5) is 0. The highest BCUT2D eigenvalue weighted by Gasteiger charge is 2.02. The molecule has 2 N–H and O–H groups in total. The number of alkyl halides is 2. The Balaban J connectivity index is 2.49. The first kappa shape index (κ1) is 9.92. The zero-order chi connectivity index (χ0) is 9.68. The lowest BCUT2D eigenvalue weighted by Gasteiger charge is -2.05. The van der Waals surface area contributed by atoms with Crippen LogP contribution in [0.1, 0.15) is 5.56 Å². The molecule has 0 spiro atoms. The highest BCUT2D eigenvalue weighted by Crippen LogP contribution is 2.12. The summed E-state index contributed by atoms with van der Waals surface area (Å²) < 4.78 is 28.2. The van der Waals surface area contributed by atoms with E-state index in [0.29, 0.717) is 12.3 Å². The third-order valence-corrected chi connectivity index (χ3v) is 1.54. The third-order valence-electron chi connectivity index (χ3n) is 1.54. The van der Waals surface area contributed by atoms with Crippen molar-refractivity contribution in [3.63, 3.8) is 0 Å². The van der Waals surface area contributed by atoms with E-state index in [1.54, 1.807) is 24.3 Å². The summed E-state index contributed by atoms with van der Waals surface area (Å²) in [5, 5.41) is 0. The first-order chi connectivity index (χ1) is 6.22. The van der Waals surface area contributed by atoms with Crippen LogP contribution < -0.4 is 10.5 Å².